The molecule has 0 spiro atoms. The van der Waals surface area contributed by atoms with Gasteiger partial charge in [-0.15, -0.1) is 0 Å². The number of nitrogens with zero attached hydrogens (tertiary/aromatic N) is 1. The first-order chi connectivity index (χ1) is 12.2. The van der Waals surface area contributed by atoms with Crippen molar-refractivity contribution in [1.82, 2.24) is 4.57 Å². The normalized spacial score (nSPS) is 11.8. The first kappa shape index (κ1) is 16.8. The van der Waals surface area contributed by atoms with Crippen LogP contribution in [0.1, 0.15) is 18.0 Å². The molecule has 3 rings (SSSR count). The predicted octanol–water partition coefficient (Wildman–Crippen LogP) is 4.25. The van der Waals surface area contributed by atoms with Crippen LogP contribution in [0.2, 0.25) is 0 Å². The van der Waals surface area contributed by atoms with Gasteiger partial charge in [0.05, 0.1) is 19.6 Å². The van der Waals surface area contributed by atoms with Crippen molar-refractivity contribution >= 4 is 11.6 Å². The van der Waals surface area contributed by atoms with Crippen LogP contribution < -0.4 is 10.1 Å². The molecule has 0 saturated heterocycles. The standard InChI is InChI=1S/C20H19FN2O2/c1-25-18-9-5-8-17(13-18)22-20(24)14-19(23-10-2-3-11-23)15-6-4-7-16(21)12-15/h2-13,19H,14H2,1H3,(H,22,24)/t19-/m1/s1. The maximum Gasteiger partial charge on any atom is 0.226 e. The van der Waals surface area contributed by atoms with Gasteiger partial charge in [0.25, 0.3) is 0 Å². The summed E-state index contributed by atoms with van der Waals surface area (Å²) in [5, 5.41) is 2.87. The van der Waals surface area contributed by atoms with Gasteiger partial charge in [0.1, 0.15) is 11.6 Å². The highest BCUT2D eigenvalue weighted by atomic mass is 19.1. The van der Waals surface area contributed by atoms with Crippen molar-refractivity contribution in [2.45, 2.75) is 12.5 Å². The molecule has 0 aliphatic carbocycles. The van der Waals surface area contributed by atoms with Crippen LogP contribution in [0, 0.1) is 5.82 Å². The molecule has 0 aliphatic heterocycles. The Hall–Kier alpha value is -3.08. The lowest BCUT2D eigenvalue weighted by molar-refractivity contribution is -0.116. The zero-order valence-corrected chi connectivity index (χ0v) is 13.9. The number of ether oxygens (including phenoxy) is 1. The number of anilines is 1. The van der Waals surface area contributed by atoms with E-state index >= 15 is 0 Å². The Balaban J connectivity index is 1.79. The molecule has 3 aromatic rings. The lowest BCUT2D eigenvalue weighted by atomic mass is 10.0. The number of amides is 1. The van der Waals surface area contributed by atoms with Gasteiger partial charge in [0.2, 0.25) is 5.91 Å². The minimum atomic E-state index is -0.317. The van der Waals surface area contributed by atoms with Crippen molar-refractivity contribution in [1.29, 1.82) is 0 Å². The van der Waals surface area contributed by atoms with E-state index in [2.05, 4.69) is 5.32 Å². The summed E-state index contributed by atoms with van der Waals surface area (Å²) in [5.74, 6) is 0.198. The Morgan fingerprint density at radius 1 is 1.12 bits per heavy atom. The summed E-state index contributed by atoms with van der Waals surface area (Å²) in [5.41, 5.74) is 1.41. The molecule has 0 unspecified atom stereocenters. The molecule has 128 valence electrons. The minimum absolute atomic E-state index is 0.156. The number of hydrogen-bond acceptors (Lipinski definition) is 2. The van der Waals surface area contributed by atoms with Gasteiger partial charge in [-0.05, 0) is 42.0 Å². The van der Waals surface area contributed by atoms with Crippen molar-refractivity contribution < 1.29 is 13.9 Å². The van der Waals surface area contributed by atoms with Crippen molar-refractivity contribution in [2.75, 3.05) is 12.4 Å². The van der Waals surface area contributed by atoms with E-state index in [-0.39, 0.29) is 24.2 Å². The van der Waals surface area contributed by atoms with E-state index in [0.29, 0.717) is 11.4 Å². The molecule has 1 heterocycles. The van der Waals surface area contributed by atoms with Crippen LogP contribution in [-0.4, -0.2) is 17.6 Å². The summed E-state index contributed by atoms with van der Waals surface area (Å²) in [6, 6.07) is 17.0. The summed E-state index contributed by atoms with van der Waals surface area (Å²) >= 11 is 0. The SMILES string of the molecule is COc1cccc(NC(=O)C[C@H](c2cccc(F)c2)n2cccc2)c1. The topological polar surface area (TPSA) is 43.3 Å². The highest BCUT2D eigenvalue weighted by molar-refractivity contribution is 5.91. The van der Waals surface area contributed by atoms with E-state index in [4.69, 9.17) is 4.74 Å². The van der Waals surface area contributed by atoms with E-state index < -0.39 is 0 Å². The van der Waals surface area contributed by atoms with Gasteiger partial charge in [0, 0.05) is 24.1 Å². The van der Waals surface area contributed by atoms with Crippen LogP contribution in [-0.2, 0) is 4.79 Å². The third kappa shape index (κ3) is 4.26. The molecule has 1 aromatic heterocycles. The average molecular weight is 338 g/mol. The Morgan fingerprint density at radius 2 is 1.88 bits per heavy atom. The van der Waals surface area contributed by atoms with Crippen LogP contribution in [0.15, 0.2) is 73.1 Å². The van der Waals surface area contributed by atoms with Crippen LogP contribution in [0.4, 0.5) is 10.1 Å². The number of benzene rings is 2. The van der Waals surface area contributed by atoms with E-state index in [1.54, 1.807) is 25.3 Å². The molecule has 0 radical (unpaired) electrons. The molecule has 1 N–H and O–H groups in total. The summed E-state index contributed by atoms with van der Waals surface area (Å²) < 4.78 is 20.7. The molecule has 25 heavy (non-hydrogen) atoms. The molecule has 2 aromatic carbocycles. The van der Waals surface area contributed by atoms with Gasteiger partial charge in [-0.1, -0.05) is 18.2 Å². The first-order valence-corrected chi connectivity index (χ1v) is 7.97. The minimum Gasteiger partial charge on any atom is -0.497 e. The zero-order chi connectivity index (χ0) is 17.6. The van der Waals surface area contributed by atoms with Crippen LogP contribution >= 0.6 is 0 Å². The Labute approximate surface area is 145 Å². The number of methoxy groups -OCH3 is 1. The third-order valence-electron chi connectivity index (χ3n) is 3.95. The van der Waals surface area contributed by atoms with Crippen molar-refractivity contribution in [3.05, 3.63) is 84.4 Å². The van der Waals surface area contributed by atoms with Gasteiger partial charge in [-0.2, -0.15) is 0 Å². The van der Waals surface area contributed by atoms with Crippen LogP contribution in [0.3, 0.4) is 0 Å². The summed E-state index contributed by atoms with van der Waals surface area (Å²) in [6.07, 6.45) is 3.93. The lowest BCUT2D eigenvalue weighted by Crippen LogP contribution is -2.19. The second-order valence-electron chi connectivity index (χ2n) is 5.69. The van der Waals surface area contributed by atoms with Crippen molar-refractivity contribution in [2.24, 2.45) is 0 Å². The molecular weight excluding hydrogens is 319 g/mol. The zero-order valence-electron chi connectivity index (χ0n) is 13.9. The summed E-state index contributed by atoms with van der Waals surface area (Å²) in [7, 11) is 1.58. The summed E-state index contributed by atoms with van der Waals surface area (Å²) in [4.78, 5) is 12.5. The van der Waals surface area contributed by atoms with E-state index in [0.717, 1.165) is 5.56 Å². The Morgan fingerprint density at radius 3 is 2.60 bits per heavy atom. The quantitative estimate of drug-likeness (QED) is 0.730. The van der Waals surface area contributed by atoms with E-state index in [1.165, 1.54) is 12.1 Å². The molecule has 0 bridgehead atoms. The monoisotopic (exact) mass is 338 g/mol. The predicted molar refractivity (Wildman–Crippen MR) is 95.2 cm³/mol. The number of aromatic nitrogens is 1. The Kier molecular flexibility index (Phi) is 5.14. The van der Waals surface area contributed by atoms with E-state index in [1.807, 2.05) is 47.3 Å². The highest BCUT2D eigenvalue weighted by Crippen LogP contribution is 2.24. The molecule has 1 amide bonds. The molecule has 4 nitrogen and oxygen atoms in total. The van der Waals surface area contributed by atoms with Gasteiger partial charge >= 0.3 is 0 Å². The maximum atomic E-state index is 13.6. The second kappa shape index (κ2) is 7.66. The number of nitrogens with one attached hydrogen (secondary N) is 1. The fourth-order valence-electron chi connectivity index (χ4n) is 2.75. The summed E-state index contributed by atoms with van der Waals surface area (Å²) in [6.45, 7) is 0. The van der Waals surface area contributed by atoms with E-state index in [9.17, 15) is 9.18 Å². The highest BCUT2D eigenvalue weighted by Gasteiger charge is 2.18. The average Bonchev–Trinajstić information content (AvgIpc) is 3.14. The van der Waals surface area contributed by atoms with Gasteiger partial charge in [-0.25, -0.2) is 4.39 Å². The van der Waals surface area contributed by atoms with Crippen molar-refractivity contribution in [3.63, 3.8) is 0 Å². The number of rotatable bonds is 6. The van der Waals surface area contributed by atoms with Crippen molar-refractivity contribution in [3.8, 4) is 5.75 Å². The number of carbonyl (C=O) groups is 1. The largest absolute Gasteiger partial charge is 0.497 e. The third-order valence-corrected chi connectivity index (χ3v) is 3.95. The number of halogens is 1. The molecule has 0 aliphatic rings. The smallest absolute Gasteiger partial charge is 0.226 e. The second-order valence-corrected chi connectivity index (χ2v) is 5.69. The van der Waals surface area contributed by atoms with Crippen LogP contribution in [0.5, 0.6) is 5.75 Å². The Bertz CT molecular complexity index is 846. The lowest BCUT2D eigenvalue weighted by Gasteiger charge is -2.19. The fourth-order valence-corrected chi connectivity index (χ4v) is 2.75. The molecular formula is C20H19FN2O2. The maximum absolute atomic E-state index is 13.6. The number of carbonyl (C=O) groups excluding carboxylic acids is 1. The van der Waals surface area contributed by atoms with Gasteiger partial charge in [0.15, 0.2) is 0 Å². The molecule has 5 heteroatoms. The number of hydrogen-bond donors (Lipinski definition) is 1. The fraction of sp³-hybridized carbons (Fsp3) is 0.150. The van der Waals surface area contributed by atoms with Gasteiger partial charge < -0.3 is 14.6 Å². The molecule has 0 fully saturated rings. The molecule has 1 atom stereocenters. The molecule has 0 saturated carbocycles. The first-order valence-electron chi connectivity index (χ1n) is 7.97. The van der Waals surface area contributed by atoms with Crippen LogP contribution in [0.25, 0.3) is 0 Å². The van der Waals surface area contributed by atoms with Gasteiger partial charge in [-0.3, -0.25) is 4.79 Å².